The Morgan fingerprint density at radius 3 is 2.43 bits per heavy atom. The van der Waals surface area contributed by atoms with Gasteiger partial charge in [-0.3, -0.25) is 0 Å². The second-order valence-electron chi connectivity index (χ2n) is 8.64. The van der Waals surface area contributed by atoms with E-state index in [1.165, 1.54) is 96.3 Å². The summed E-state index contributed by atoms with van der Waals surface area (Å²) in [4.78, 5) is 0. The van der Waals surface area contributed by atoms with E-state index >= 15 is 0 Å². The van der Waals surface area contributed by atoms with E-state index < -0.39 is 0 Å². The molecule has 23 heavy (non-hydrogen) atoms. The number of nitriles is 1. The minimum atomic E-state index is 0.0456. The molecule has 0 heterocycles. The van der Waals surface area contributed by atoms with Gasteiger partial charge in [0.25, 0.3) is 0 Å². The predicted molar refractivity (Wildman–Crippen MR) is 99.1 cm³/mol. The maximum Gasteiger partial charge on any atom is 0.0689 e. The zero-order valence-corrected chi connectivity index (χ0v) is 15.8. The Morgan fingerprint density at radius 2 is 1.70 bits per heavy atom. The van der Waals surface area contributed by atoms with Crippen LogP contribution in [0.4, 0.5) is 0 Å². The van der Waals surface area contributed by atoms with Crippen molar-refractivity contribution in [2.75, 3.05) is 0 Å². The number of hydrogen-bond acceptors (Lipinski definition) is 1. The third-order valence-corrected chi connectivity index (χ3v) is 6.86. The van der Waals surface area contributed by atoms with Gasteiger partial charge in [0.1, 0.15) is 0 Å². The lowest BCUT2D eigenvalue weighted by Crippen LogP contribution is -2.36. The van der Waals surface area contributed by atoms with Crippen molar-refractivity contribution >= 4 is 0 Å². The zero-order chi connectivity index (χ0) is 16.5. The number of unbranched alkanes of at least 4 members (excludes halogenated alkanes) is 5. The fraction of sp³-hybridized carbons (Fsp3) is 0.955. The summed E-state index contributed by atoms with van der Waals surface area (Å²) >= 11 is 0. The third-order valence-electron chi connectivity index (χ3n) is 6.86. The minimum absolute atomic E-state index is 0.0456. The van der Waals surface area contributed by atoms with E-state index in [1.54, 1.807) is 0 Å². The molecule has 1 nitrogen and oxygen atoms in total. The van der Waals surface area contributed by atoms with Gasteiger partial charge in [-0.1, -0.05) is 71.6 Å². The van der Waals surface area contributed by atoms with E-state index in [0.29, 0.717) is 0 Å². The van der Waals surface area contributed by atoms with Crippen LogP contribution in [0.2, 0.25) is 0 Å². The van der Waals surface area contributed by atoms with Crippen molar-refractivity contribution in [1.82, 2.24) is 0 Å². The molecule has 0 aromatic heterocycles. The molecule has 0 aromatic carbocycles. The summed E-state index contributed by atoms with van der Waals surface area (Å²) in [7, 11) is 0. The van der Waals surface area contributed by atoms with Crippen molar-refractivity contribution in [2.45, 2.75) is 110 Å². The highest BCUT2D eigenvalue weighted by molar-refractivity contribution is 5.04. The van der Waals surface area contributed by atoms with E-state index in [1.807, 2.05) is 0 Å². The quantitative estimate of drug-likeness (QED) is 0.410. The molecule has 2 rings (SSSR count). The van der Waals surface area contributed by atoms with Crippen LogP contribution in [0.5, 0.6) is 0 Å². The van der Waals surface area contributed by atoms with Crippen molar-refractivity contribution in [3.05, 3.63) is 0 Å². The Morgan fingerprint density at radius 1 is 0.913 bits per heavy atom. The van der Waals surface area contributed by atoms with Crippen molar-refractivity contribution in [1.29, 1.82) is 5.26 Å². The van der Waals surface area contributed by atoms with E-state index in [9.17, 15) is 5.26 Å². The molecule has 2 saturated carbocycles. The van der Waals surface area contributed by atoms with Crippen molar-refractivity contribution in [3.8, 4) is 6.07 Å². The van der Waals surface area contributed by atoms with Gasteiger partial charge < -0.3 is 0 Å². The van der Waals surface area contributed by atoms with Crippen LogP contribution < -0.4 is 0 Å². The van der Waals surface area contributed by atoms with E-state index in [4.69, 9.17) is 0 Å². The molecule has 0 amide bonds. The van der Waals surface area contributed by atoms with Crippen LogP contribution in [0.3, 0.4) is 0 Å². The van der Waals surface area contributed by atoms with Crippen LogP contribution >= 0.6 is 0 Å². The van der Waals surface area contributed by atoms with Crippen molar-refractivity contribution in [3.63, 3.8) is 0 Å². The highest BCUT2D eigenvalue weighted by atomic mass is 14.5. The molecule has 0 saturated heterocycles. The van der Waals surface area contributed by atoms with Gasteiger partial charge in [-0.05, 0) is 56.3 Å². The summed E-state index contributed by atoms with van der Waals surface area (Å²) in [5.74, 6) is 2.83. The van der Waals surface area contributed by atoms with Crippen LogP contribution in [0.25, 0.3) is 0 Å². The molecule has 4 atom stereocenters. The van der Waals surface area contributed by atoms with Crippen LogP contribution in [-0.2, 0) is 0 Å². The van der Waals surface area contributed by atoms with E-state index in [0.717, 1.165) is 17.8 Å². The number of hydrogen-bond donors (Lipinski definition) is 0. The summed E-state index contributed by atoms with van der Waals surface area (Å²) in [6, 6.07) is 2.78. The third kappa shape index (κ3) is 5.51. The Labute approximate surface area is 145 Å². The Kier molecular flexibility index (Phi) is 7.94. The average molecular weight is 318 g/mol. The van der Waals surface area contributed by atoms with E-state index in [-0.39, 0.29) is 5.41 Å². The van der Waals surface area contributed by atoms with Gasteiger partial charge in [0.15, 0.2) is 0 Å². The Bertz CT molecular complexity index is 369. The standard InChI is InChI=1S/C22H39N/c1-3-5-7-9-14-22(18-23)15-13-20-16-19(10-8-6-4-2)11-12-21(20)17-22/h19-21H,3-17H2,1-2H3/t19-,20+,21?,22-/m0/s1. The molecule has 2 aliphatic rings. The zero-order valence-electron chi connectivity index (χ0n) is 15.8. The molecule has 132 valence electrons. The van der Waals surface area contributed by atoms with Crippen LogP contribution in [0.15, 0.2) is 0 Å². The minimum Gasteiger partial charge on any atom is -0.198 e. The second kappa shape index (κ2) is 9.71. The maximum atomic E-state index is 9.83. The molecule has 0 aliphatic heterocycles. The van der Waals surface area contributed by atoms with Gasteiger partial charge >= 0.3 is 0 Å². The number of nitrogens with zero attached hydrogens (tertiary/aromatic N) is 1. The molecule has 2 aliphatic carbocycles. The molecule has 0 spiro atoms. The lowest BCUT2D eigenvalue weighted by Gasteiger charge is -2.45. The molecule has 0 aromatic rings. The van der Waals surface area contributed by atoms with Gasteiger partial charge in [-0.2, -0.15) is 5.26 Å². The van der Waals surface area contributed by atoms with Gasteiger partial charge in [-0.25, -0.2) is 0 Å². The Hall–Kier alpha value is -0.510. The van der Waals surface area contributed by atoms with Crippen LogP contribution in [-0.4, -0.2) is 0 Å². The summed E-state index contributed by atoms with van der Waals surface area (Å²) in [6.07, 6.45) is 20.2. The molecule has 0 bridgehead atoms. The molecule has 1 unspecified atom stereocenters. The molecule has 0 N–H and O–H groups in total. The maximum absolute atomic E-state index is 9.83. The van der Waals surface area contributed by atoms with Crippen molar-refractivity contribution < 1.29 is 0 Å². The average Bonchev–Trinajstić information content (AvgIpc) is 2.59. The SMILES string of the molecule is CCCCCC[C@]1(C#N)CC[C@@H]2C[C@@H](CCCCC)CCC2C1. The topological polar surface area (TPSA) is 23.8 Å². The molecular weight excluding hydrogens is 278 g/mol. The first kappa shape index (κ1) is 18.8. The first-order chi connectivity index (χ1) is 11.2. The summed E-state index contributed by atoms with van der Waals surface area (Å²) in [5.41, 5.74) is 0.0456. The van der Waals surface area contributed by atoms with Crippen LogP contribution in [0.1, 0.15) is 110 Å². The normalized spacial score (nSPS) is 33.9. The lowest BCUT2D eigenvalue weighted by molar-refractivity contribution is 0.0615. The number of rotatable bonds is 9. The molecule has 1 heteroatoms. The summed E-state index contributed by atoms with van der Waals surface area (Å²) in [6.45, 7) is 4.57. The first-order valence-electron chi connectivity index (χ1n) is 10.6. The fourth-order valence-corrected chi connectivity index (χ4v) is 5.33. The fourth-order valence-electron chi connectivity index (χ4n) is 5.33. The van der Waals surface area contributed by atoms with Gasteiger partial charge in [0.2, 0.25) is 0 Å². The Balaban J connectivity index is 1.79. The molecule has 0 radical (unpaired) electrons. The number of fused-ring (bicyclic) bond motifs is 1. The summed E-state index contributed by atoms with van der Waals surface area (Å²) in [5, 5.41) is 9.83. The summed E-state index contributed by atoms with van der Waals surface area (Å²) < 4.78 is 0. The first-order valence-corrected chi connectivity index (χ1v) is 10.6. The highest BCUT2D eigenvalue weighted by Gasteiger charge is 2.42. The lowest BCUT2D eigenvalue weighted by atomic mass is 9.58. The van der Waals surface area contributed by atoms with Gasteiger partial charge in [0.05, 0.1) is 11.5 Å². The molecule has 2 fully saturated rings. The van der Waals surface area contributed by atoms with Crippen molar-refractivity contribution in [2.24, 2.45) is 23.2 Å². The van der Waals surface area contributed by atoms with Gasteiger partial charge in [0, 0.05) is 0 Å². The van der Waals surface area contributed by atoms with E-state index in [2.05, 4.69) is 19.9 Å². The smallest absolute Gasteiger partial charge is 0.0689 e. The molecular formula is C22H39N. The van der Waals surface area contributed by atoms with Crippen LogP contribution in [0, 0.1) is 34.5 Å². The predicted octanol–water partition coefficient (Wildman–Crippen LogP) is 7.26. The largest absolute Gasteiger partial charge is 0.198 e. The second-order valence-corrected chi connectivity index (χ2v) is 8.64. The van der Waals surface area contributed by atoms with Gasteiger partial charge in [-0.15, -0.1) is 0 Å². The highest BCUT2D eigenvalue weighted by Crippen LogP contribution is 2.51. The monoisotopic (exact) mass is 317 g/mol.